The molecule has 2 unspecified atom stereocenters. The van der Waals surface area contributed by atoms with Gasteiger partial charge in [-0.3, -0.25) is 9.69 Å². The normalized spacial score (nSPS) is 35.4. The van der Waals surface area contributed by atoms with Crippen LogP contribution in [0.5, 0.6) is 0 Å². The van der Waals surface area contributed by atoms with Gasteiger partial charge >= 0.3 is 5.97 Å². The Hall–Kier alpha value is -0.610. The number of fused-ring (bicyclic) bond motifs is 1. The third kappa shape index (κ3) is 1.84. The van der Waals surface area contributed by atoms with E-state index in [1.807, 2.05) is 0 Å². The van der Waals surface area contributed by atoms with E-state index in [1.54, 1.807) is 0 Å². The Morgan fingerprint density at radius 3 is 3.08 bits per heavy atom. The number of carbonyl (C=O) groups is 1. The molecule has 4 heteroatoms. The topological polar surface area (TPSA) is 52.6 Å². The minimum absolute atomic E-state index is 0.219. The fourth-order valence-corrected chi connectivity index (χ4v) is 2.30. The minimum Gasteiger partial charge on any atom is -0.481 e. The molecule has 2 fully saturated rings. The van der Waals surface area contributed by atoms with Gasteiger partial charge in [-0.2, -0.15) is 0 Å². The summed E-state index contributed by atoms with van der Waals surface area (Å²) in [6.45, 7) is 3.40. The van der Waals surface area contributed by atoms with Crippen molar-refractivity contribution in [1.29, 1.82) is 0 Å². The third-order valence-electron chi connectivity index (χ3n) is 3.07. The molecule has 74 valence electrons. The molecule has 2 heterocycles. The van der Waals surface area contributed by atoms with E-state index < -0.39 is 5.97 Å². The van der Waals surface area contributed by atoms with E-state index in [1.165, 1.54) is 12.8 Å². The van der Waals surface area contributed by atoms with E-state index >= 15 is 0 Å². The predicted molar refractivity (Wildman–Crippen MR) is 48.6 cm³/mol. The highest BCUT2D eigenvalue weighted by Gasteiger charge is 2.31. The summed E-state index contributed by atoms with van der Waals surface area (Å²) < 4.78 is 0. The van der Waals surface area contributed by atoms with Crippen molar-refractivity contribution in [3.63, 3.8) is 0 Å². The lowest BCUT2D eigenvalue weighted by Gasteiger charge is -2.22. The molecule has 2 aliphatic heterocycles. The minimum atomic E-state index is -0.667. The molecule has 0 bridgehead atoms. The first-order valence-electron chi connectivity index (χ1n) is 4.95. The first kappa shape index (κ1) is 8.97. The van der Waals surface area contributed by atoms with Gasteiger partial charge in [0.1, 0.15) is 0 Å². The maximum atomic E-state index is 10.8. The van der Waals surface area contributed by atoms with Crippen molar-refractivity contribution in [1.82, 2.24) is 10.2 Å². The van der Waals surface area contributed by atoms with Gasteiger partial charge in [-0.25, -0.2) is 0 Å². The Bertz CT molecular complexity index is 208. The van der Waals surface area contributed by atoms with Crippen molar-refractivity contribution in [2.45, 2.75) is 18.9 Å². The zero-order valence-corrected chi connectivity index (χ0v) is 7.70. The van der Waals surface area contributed by atoms with Crippen LogP contribution in [0.15, 0.2) is 0 Å². The van der Waals surface area contributed by atoms with Crippen LogP contribution in [0, 0.1) is 5.92 Å². The zero-order chi connectivity index (χ0) is 9.26. The predicted octanol–water partition coefficient (Wildman–Crippen LogP) is -0.245. The number of hydrogen-bond donors (Lipinski definition) is 2. The van der Waals surface area contributed by atoms with Crippen LogP contribution in [-0.4, -0.2) is 48.2 Å². The Balaban J connectivity index is 2.00. The average Bonchev–Trinajstić information content (AvgIpc) is 2.42. The monoisotopic (exact) mass is 184 g/mol. The highest BCUT2D eigenvalue weighted by Crippen LogP contribution is 2.20. The van der Waals surface area contributed by atoms with Gasteiger partial charge < -0.3 is 10.4 Å². The Morgan fingerprint density at radius 2 is 2.31 bits per heavy atom. The number of carboxylic acids is 1. The molecule has 0 radical (unpaired) electrons. The summed E-state index contributed by atoms with van der Waals surface area (Å²) in [7, 11) is 0. The molecule has 2 aliphatic rings. The fraction of sp³-hybridized carbons (Fsp3) is 0.889. The van der Waals surface area contributed by atoms with Crippen molar-refractivity contribution in [2.24, 2.45) is 5.92 Å². The Morgan fingerprint density at radius 1 is 1.46 bits per heavy atom. The molecule has 0 saturated carbocycles. The second kappa shape index (κ2) is 3.64. The van der Waals surface area contributed by atoms with Crippen LogP contribution in [0.1, 0.15) is 12.8 Å². The molecule has 0 spiro atoms. The summed E-state index contributed by atoms with van der Waals surface area (Å²) >= 11 is 0. The number of nitrogens with one attached hydrogen (secondary N) is 1. The molecule has 0 aromatic rings. The second-order valence-electron chi connectivity index (χ2n) is 3.98. The highest BCUT2D eigenvalue weighted by molar-refractivity contribution is 5.70. The van der Waals surface area contributed by atoms with Crippen molar-refractivity contribution < 1.29 is 9.90 Å². The van der Waals surface area contributed by atoms with Crippen molar-refractivity contribution in [3.05, 3.63) is 0 Å². The van der Waals surface area contributed by atoms with Crippen LogP contribution in [0.3, 0.4) is 0 Å². The molecule has 0 aromatic carbocycles. The lowest BCUT2D eigenvalue weighted by molar-refractivity contribution is -0.141. The summed E-state index contributed by atoms with van der Waals surface area (Å²) in [5, 5.41) is 12.1. The van der Waals surface area contributed by atoms with E-state index in [2.05, 4.69) is 10.2 Å². The molecular weight excluding hydrogens is 168 g/mol. The first-order chi connectivity index (χ1) is 6.27. The molecule has 0 amide bonds. The van der Waals surface area contributed by atoms with E-state index in [0.29, 0.717) is 12.6 Å². The van der Waals surface area contributed by atoms with E-state index in [9.17, 15) is 4.79 Å². The number of aliphatic carboxylic acids is 1. The summed E-state index contributed by atoms with van der Waals surface area (Å²) in [4.78, 5) is 13.1. The molecular formula is C9H16N2O2. The van der Waals surface area contributed by atoms with Crippen LogP contribution < -0.4 is 5.32 Å². The molecule has 0 aliphatic carbocycles. The van der Waals surface area contributed by atoms with Gasteiger partial charge in [-0.15, -0.1) is 0 Å². The maximum absolute atomic E-state index is 10.8. The molecule has 13 heavy (non-hydrogen) atoms. The van der Waals surface area contributed by atoms with Crippen molar-refractivity contribution in [2.75, 3.05) is 26.2 Å². The van der Waals surface area contributed by atoms with E-state index in [0.717, 1.165) is 19.6 Å². The first-order valence-corrected chi connectivity index (χ1v) is 4.95. The zero-order valence-electron chi connectivity index (χ0n) is 7.70. The summed E-state index contributed by atoms with van der Waals surface area (Å²) in [5.41, 5.74) is 0. The quantitative estimate of drug-likeness (QED) is 0.590. The van der Waals surface area contributed by atoms with Crippen LogP contribution >= 0.6 is 0 Å². The van der Waals surface area contributed by atoms with E-state index in [-0.39, 0.29) is 5.92 Å². The standard InChI is InChI=1S/C9H16N2O2/c12-9(13)7-4-10-5-8-2-1-3-11(8)6-7/h7-8,10H,1-6H2,(H,12,13). The van der Waals surface area contributed by atoms with Gasteiger partial charge in [0.25, 0.3) is 0 Å². The van der Waals surface area contributed by atoms with Crippen LogP contribution in [0.4, 0.5) is 0 Å². The van der Waals surface area contributed by atoms with Gasteiger partial charge in [-0.1, -0.05) is 0 Å². The Kier molecular flexibility index (Phi) is 2.51. The molecule has 2 atom stereocenters. The van der Waals surface area contributed by atoms with Gasteiger partial charge in [0.2, 0.25) is 0 Å². The molecule has 4 nitrogen and oxygen atoms in total. The van der Waals surface area contributed by atoms with Crippen LogP contribution in [0.25, 0.3) is 0 Å². The van der Waals surface area contributed by atoms with Gasteiger partial charge in [0.05, 0.1) is 5.92 Å². The van der Waals surface area contributed by atoms with Crippen molar-refractivity contribution in [3.8, 4) is 0 Å². The summed E-state index contributed by atoms with van der Waals surface area (Å²) in [6.07, 6.45) is 2.44. The second-order valence-corrected chi connectivity index (χ2v) is 3.98. The number of rotatable bonds is 1. The largest absolute Gasteiger partial charge is 0.481 e. The van der Waals surface area contributed by atoms with Gasteiger partial charge in [0, 0.05) is 25.7 Å². The highest BCUT2D eigenvalue weighted by atomic mass is 16.4. The van der Waals surface area contributed by atoms with Crippen LogP contribution in [-0.2, 0) is 4.79 Å². The Labute approximate surface area is 77.9 Å². The number of carboxylic acid groups (broad SMARTS) is 1. The lowest BCUT2D eigenvalue weighted by atomic mass is 10.1. The molecule has 2 saturated heterocycles. The van der Waals surface area contributed by atoms with E-state index in [4.69, 9.17) is 5.11 Å². The third-order valence-corrected chi connectivity index (χ3v) is 3.07. The smallest absolute Gasteiger partial charge is 0.309 e. The fourth-order valence-electron chi connectivity index (χ4n) is 2.30. The SMILES string of the molecule is O=C(O)C1CNCC2CCCN2C1. The number of hydrogen-bond acceptors (Lipinski definition) is 3. The van der Waals surface area contributed by atoms with Crippen LogP contribution in [0.2, 0.25) is 0 Å². The summed E-state index contributed by atoms with van der Waals surface area (Å²) in [5.74, 6) is -0.886. The average molecular weight is 184 g/mol. The van der Waals surface area contributed by atoms with Gasteiger partial charge in [-0.05, 0) is 19.4 Å². The van der Waals surface area contributed by atoms with Gasteiger partial charge in [0.15, 0.2) is 0 Å². The van der Waals surface area contributed by atoms with Crippen molar-refractivity contribution >= 4 is 5.97 Å². The summed E-state index contributed by atoms with van der Waals surface area (Å²) in [6, 6.07) is 0.587. The molecule has 2 N–H and O–H groups in total. The maximum Gasteiger partial charge on any atom is 0.309 e. The lowest BCUT2D eigenvalue weighted by Crippen LogP contribution is -2.36. The molecule has 0 aromatic heterocycles. The molecule has 2 rings (SSSR count). The number of nitrogens with zero attached hydrogens (tertiary/aromatic N) is 1.